The first-order valence-electron chi connectivity index (χ1n) is 7.93. The maximum atomic E-state index is 10.4. The van der Waals surface area contributed by atoms with E-state index in [0.717, 1.165) is 50.1 Å². The van der Waals surface area contributed by atoms with Crippen LogP contribution in [0.2, 0.25) is 0 Å². The molecule has 1 saturated heterocycles. The second-order valence-electron chi connectivity index (χ2n) is 6.23. The van der Waals surface area contributed by atoms with Gasteiger partial charge in [0.1, 0.15) is 6.33 Å². The topological polar surface area (TPSA) is 66.5 Å². The summed E-state index contributed by atoms with van der Waals surface area (Å²) in [4.78, 5) is 6.90. The van der Waals surface area contributed by atoms with Crippen molar-refractivity contribution in [3.05, 3.63) is 18.7 Å². The summed E-state index contributed by atoms with van der Waals surface area (Å²) in [5.41, 5.74) is 0.815. The van der Waals surface area contributed by atoms with Crippen LogP contribution in [0.4, 0.5) is 5.82 Å². The fourth-order valence-electron chi connectivity index (χ4n) is 4.04. The smallest absolute Gasteiger partial charge is 0.203 e. The summed E-state index contributed by atoms with van der Waals surface area (Å²) < 4.78 is 1.91. The Kier molecular flexibility index (Phi) is 3.25. The molecule has 1 saturated carbocycles. The Morgan fingerprint density at radius 2 is 2.05 bits per heavy atom. The Morgan fingerprint density at radius 3 is 2.95 bits per heavy atom. The third-order valence-electron chi connectivity index (χ3n) is 5.04. The maximum Gasteiger partial charge on any atom is 0.203 e. The molecule has 0 bridgehead atoms. The molecule has 3 heterocycles. The molecule has 4 rings (SSSR count). The number of hydrogen-bond acceptors (Lipinski definition) is 5. The molecule has 6 heteroatoms. The average Bonchev–Trinajstić information content (AvgIpc) is 3.16. The normalized spacial score (nSPS) is 30.1. The van der Waals surface area contributed by atoms with E-state index >= 15 is 0 Å². The Bertz CT molecular complexity index is 627. The van der Waals surface area contributed by atoms with Crippen molar-refractivity contribution in [3.63, 3.8) is 0 Å². The summed E-state index contributed by atoms with van der Waals surface area (Å²) in [5.74, 6) is 1.28. The summed E-state index contributed by atoms with van der Waals surface area (Å²) >= 11 is 0. The van der Waals surface area contributed by atoms with Crippen LogP contribution in [0.25, 0.3) is 5.65 Å². The molecule has 6 nitrogen and oxygen atoms in total. The van der Waals surface area contributed by atoms with Gasteiger partial charge in [-0.2, -0.15) is 0 Å². The summed E-state index contributed by atoms with van der Waals surface area (Å²) in [7, 11) is 0. The third-order valence-corrected chi connectivity index (χ3v) is 5.04. The molecule has 0 aromatic carbocycles. The van der Waals surface area contributed by atoms with Crippen molar-refractivity contribution in [1.82, 2.24) is 19.6 Å². The molecule has 0 amide bonds. The minimum atomic E-state index is -0.165. The zero-order valence-electron chi connectivity index (χ0n) is 12.1. The van der Waals surface area contributed by atoms with Gasteiger partial charge >= 0.3 is 0 Å². The van der Waals surface area contributed by atoms with Gasteiger partial charge in [0.15, 0.2) is 5.82 Å². The van der Waals surface area contributed by atoms with Crippen LogP contribution in [0.5, 0.6) is 0 Å². The summed E-state index contributed by atoms with van der Waals surface area (Å²) in [6, 6.07) is 0.385. The molecule has 0 radical (unpaired) electrons. The molecule has 0 spiro atoms. The van der Waals surface area contributed by atoms with Gasteiger partial charge < -0.3 is 10.0 Å². The Labute approximate surface area is 123 Å². The van der Waals surface area contributed by atoms with Crippen molar-refractivity contribution in [2.24, 2.45) is 5.92 Å². The molecule has 21 heavy (non-hydrogen) atoms. The molecular formula is C15H21N5O. The number of hydrogen-bond donors (Lipinski definition) is 1. The lowest BCUT2D eigenvalue weighted by Gasteiger charge is -2.37. The van der Waals surface area contributed by atoms with Gasteiger partial charge in [0.2, 0.25) is 5.65 Å². The van der Waals surface area contributed by atoms with E-state index in [1.54, 1.807) is 12.5 Å². The largest absolute Gasteiger partial charge is 0.393 e. The Balaban J connectivity index is 1.68. The lowest BCUT2D eigenvalue weighted by molar-refractivity contribution is 0.0565. The molecule has 2 aromatic heterocycles. The van der Waals surface area contributed by atoms with Gasteiger partial charge in [0.05, 0.1) is 6.10 Å². The van der Waals surface area contributed by atoms with Crippen LogP contribution >= 0.6 is 0 Å². The van der Waals surface area contributed by atoms with E-state index in [0.29, 0.717) is 12.0 Å². The van der Waals surface area contributed by atoms with Gasteiger partial charge in [0.25, 0.3) is 0 Å². The highest BCUT2D eigenvalue weighted by molar-refractivity contribution is 5.64. The first kappa shape index (κ1) is 13.0. The second-order valence-corrected chi connectivity index (χ2v) is 6.23. The molecule has 1 aliphatic heterocycles. The van der Waals surface area contributed by atoms with E-state index in [1.807, 2.05) is 10.6 Å². The molecule has 2 fully saturated rings. The first-order chi connectivity index (χ1) is 10.3. The third kappa shape index (κ3) is 2.18. The number of aliphatic hydroxyl groups excluding tert-OH is 1. The first-order valence-corrected chi connectivity index (χ1v) is 7.93. The van der Waals surface area contributed by atoms with E-state index in [4.69, 9.17) is 0 Å². The van der Waals surface area contributed by atoms with Crippen LogP contribution < -0.4 is 4.90 Å². The monoisotopic (exact) mass is 287 g/mol. The molecule has 0 unspecified atom stereocenters. The van der Waals surface area contributed by atoms with Crippen molar-refractivity contribution in [2.75, 3.05) is 11.4 Å². The summed E-state index contributed by atoms with van der Waals surface area (Å²) in [6.07, 6.45) is 12.0. The highest BCUT2D eigenvalue weighted by Gasteiger charge is 2.38. The number of aliphatic hydroxyl groups is 1. The predicted molar refractivity (Wildman–Crippen MR) is 79.1 cm³/mol. The van der Waals surface area contributed by atoms with Gasteiger partial charge in [-0.05, 0) is 25.7 Å². The van der Waals surface area contributed by atoms with Crippen LogP contribution in [-0.2, 0) is 0 Å². The number of anilines is 1. The number of aromatic nitrogens is 4. The Morgan fingerprint density at radius 1 is 1.14 bits per heavy atom. The fraction of sp³-hybridized carbons (Fsp3) is 0.667. The van der Waals surface area contributed by atoms with Crippen LogP contribution in [0.3, 0.4) is 0 Å². The SMILES string of the molecule is O[C@@H]1CCCC[C@H]1[C@@H]1CCCN1c1nccn2cnnc12. The van der Waals surface area contributed by atoms with Crippen LogP contribution in [0, 0.1) is 5.92 Å². The lowest BCUT2D eigenvalue weighted by Crippen LogP contribution is -2.43. The van der Waals surface area contributed by atoms with E-state index in [9.17, 15) is 5.11 Å². The molecule has 112 valence electrons. The van der Waals surface area contributed by atoms with Gasteiger partial charge in [-0.3, -0.25) is 4.40 Å². The maximum absolute atomic E-state index is 10.4. The zero-order chi connectivity index (χ0) is 14.2. The molecule has 3 atom stereocenters. The van der Waals surface area contributed by atoms with Crippen LogP contribution in [-0.4, -0.2) is 43.4 Å². The standard InChI is InChI=1S/C15H21N5O/c21-13-6-2-1-4-11(13)12-5-3-8-20(12)14-15-18-17-10-19(15)9-7-16-14/h7,9-13,21H,1-6,8H2/t11-,12-,13+/m0/s1. The number of fused-ring (bicyclic) bond motifs is 1. The van der Waals surface area contributed by atoms with Crippen LogP contribution in [0.15, 0.2) is 18.7 Å². The minimum absolute atomic E-state index is 0.165. The molecule has 1 aliphatic carbocycles. The molecule has 1 N–H and O–H groups in total. The zero-order valence-corrected chi connectivity index (χ0v) is 12.1. The minimum Gasteiger partial charge on any atom is -0.393 e. The van der Waals surface area contributed by atoms with Gasteiger partial charge in [-0.15, -0.1) is 10.2 Å². The van der Waals surface area contributed by atoms with Gasteiger partial charge in [-0.25, -0.2) is 4.98 Å². The van der Waals surface area contributed by atoms with Gasteiger partial charge in [0, 0.05) is 30.9 Å². The van der Waals surface area contributed by atoms with Crippen molar-refractivity contribution >= 4 is 11.5 Å². The van der Waals surface area contributed by atoms with Gasteiger partial charge in [-0.1, -0.05) is 12.8 Å². The highest BCUT2D eigenvalue weighted by atomic mass is 16.3. The van der Waals surface area contributed by atoms with Crippen molar-refractivity contribution in [3.8, 4) is 0 Å². The Hall–Kier alpha value is -1.69. The quantitative estimate of drug-likeness (QED) is 0.909. The average molecular weight is 287 g/mol. The number of nitrogens with zero attached hydrogens (tertiary/aromatic N) is 5. The summed E-state index contributed by atoms with van der Waals surface area (Å²) in [5, 5.41) is 18.6. The van der Waals surface area contributed by atoms with E-state index < -0.39 is 0 Å². The highest BCUT2D eigenvalue weighted by Crippen LogP contribution is 2.37. The lowest BCUT2D eigenvalue weighted by atomic mass is 9.80. The summed E-state index contributed by atoms with van der Waals surface area (Å²) in [6.45, 7) is 0.993. The van der Waals surface area contributed by atoms with E-state index in [-0.39, 0.29) is 6.10 Å². The molecule has 2 aromatic rings. The molecular weight excluding hydrogens is 266 g/mol. The van der Waals surface area contributed by atoms with E-state index in [2.05, 4.69) is 20.1 Å². The van der Waals surface area contributed by atoms with Crippen molar-refractivity contribution < 1.29 is 5.11 Å². The molecule has 2 aliphatic rings. The van der Waals surface area contributed by atoms with E-state index in [1.165, 1.54) is 6.42 Å². The number of rotatable bonds is 2. The fourth-order valence-corrected chi connectivity index (χ4v) is 4.04. The predicted octanol–water partition coefficient (Wildman–Crippen LogP) is 1.64. The van der Waals surface area contributed by atoms with Crippen LogP contribution in [0.1, 0.15) is 38.5 Å². The van der Waals surface area contributed by atoms with Crippen molar-refractivity contribution in [1.29, 1.82) is 0 Å². The second kappa shape index (κ2) is 5.26. The van der Waals surface area contributed by atoms with Crippen molar-refractivity contribution in [2.45, 2.75) is 50.7 Å².